The van der Waals surface area contributed by atoms with Crippen LogP contribution >= 0.6 is 0 Å². The van der Waals surface area contributed by atoms with Gasteiger partial charge in [0.1, 0.15) is 6.10 Å². The summed E-state index contributed by atoms with van der Waals surface area (Å²) in [6.07, 6.45) is 18.5. The van der Waals surface area contributed by atoms with Crippen molar-refractivity contribution in [3.05, 3.63) is 0 Å². The Morgan fingerprint density at radius 2 is 1.67 bits per heavy atom. The number of esters is 1. The summed E-state index contributed by atoms with van der Waals surface area (Å²) in [6.45, 7) is 1.46. The molecule has 0 aromatic carbocycles. The lowest BCUT2D eigenvalue weighted by Gasteiger charge is -1.98. The van der Waals surface area contributed by atoms with Crippen LogP contribution < -0.4 is 0 Å². The number of aliphatic hydroxyl groups excluding tert-OH is 1. The molecule has 0 heterocycles. The van der Waals surface area contributed by atoms with E-state index in [-0.39, 0.29) is 18.2 Å². The van der Waals surface area contributed by atoms with E-state index in [0.717, 1.165) is 51.4 Å². The molecule has 0 aliphatic heterocycles. The number of unbranched alkanes of at least 4 members (excludes halogenated alkanes) is 2. The fourth-order valence-electron chi connectivity index (χ4n) is 2.36. The summed E-state index contributed by atoms with van der Waals surface area (Å²) in [5, 5.41) is 8.87. The van der Waals surface area contributed by atoms with Crippen molar-refractivity contribution >= 4 is 5.97 Å². The quantitative estimate of drug-likeness (QED) is 0.445. The molecule has 1 N–H and O–H groups in total. The van der Waals surface area contributed by atoms with Gasteiger partial charge in [-0.2, -0.15) is 0 Å². The molecule has 0 saturated heterocycles. The monoisotopic (exact) mass is 290 g/mol. The number of carbonyl (C=O) groups excluding carboxylic acids is 1. The van der Waals surface area contributed by atoms with E-state index in [0.29, 0.717) is 11.8 Å². The van der Waals surface area contributed by atoms with Gasteiger partial charge in [0.2, 0.25) is 0 Å². The Kier molecular flexibility index (Phi) is 7.95. The van der Waals surface area contributed by atoms with E-state index in [2.05, 4.69) is 11.8 Å². The zero-order chi connectivity index (χ0) is 15.7. The second-order valence-corrected chi connectivity index (χ2v) is 5.90. The van der Waals surface area contributed by atoms with Crippen molar-refractivity contribution in [1.29, 1.82) is 0 Å². The highest BCUT2D eigenvalue weighted by Gasteiger charge is 2.39. The minimum Gasteiger partial charge on any atom is -0.462 e. The molecule has 21 heavy (non-hydrogen) atoms. The van der Waals surface area contributed by atoms with Crippen LogP contribution in [0.25, 0.3) is 0 Å². The minimum absolute atomic E-state index is 0.00257. The van der Waals surface area contributed by atoms with Gasteiger partial charge in [0.25, 0.3) is 0 Å². The van der Waals surface area contributed by atoms with E-state index >= 15 is 0 Å². The first kappa shape index (κ1) is 17.6. The zero-order valence-electron chi connectivity index (χ0n) is 12.9. The van der Waals surface area contributed by atoms with Crippen LogP contribution in [0.2, 0.25) is 0 Å². The van der Waals surface area contributed by atoms with Crippen LogP contribution in [0.3, 0.4) is 0 Å². The van der Waals surface area contributed by atoms with Crippen LogP contribution in [0.5, 0.6) is 0 Å². The van der Waals surface area contributed by atoms with Crippen LogP contribution in [0.1, 0.15) is 58.3 Å². The third-order valence-electron chi connectivity index (χ3n) is 3.85. The van der Waals surface area contributed by atoms with Gasteiger partial charge in [-0.3, -0.25) is 4.79 Å². The predicted octanol–water partition coefficient (Wildman–Crippen LogP) is 2.91. The lowest BCUT2D eigenvalue weighted by molar-refractivity contribution is -0.142. The first-order valence-electron chi connectivity index (χ1n) is 7.80. The Labute approximate surface area is 128 Å². The summed E-state index contributed by atoms with van der Waals surface area (Å²) in [4.78, 5) is 10.5. The van der Waals surface area contributed by atoms with Crippen molar-refractivity contribution in [2.75, 3.05) is 0 Å². The standard InChI is InChI=1S/C10H14O2.C8H12O/c1-3-4-5-6-9-7-10(9)12-8(2)11;1-2-3-4-5-7-6-8(7)9/h1,9-10H,4-7H2,2H3;1,7-9H,3-6H2/t9-,10-;7-,8-/m00/s1. The molecule has 0 bridgehead atoms. The Hall–Kier alpha value is -1.45. The third kappa shape index (κ3) is 8.43. The smallest absolute Gasteiger partial charge is 0.302 e. The number of aliphatic hydroxyl groups is 1. The van der Waals surface area contributed by atoms with Crippen LogP contribution in [0.4, 0.5) is 0 Å². The molecule has 2 aliphatic rings. The summed E-state index contributed by atoms with van der Waals surface area (Å²) in [5.41, 5.74) is 0. The maximum Gasteiger partial charge on any atom is 0.302 e. The van der Waals surface area contributed by atoms with Gasteiger partial charge in [-0.15, -0.1) is 24.7 Å². The van der Waals surface area contributed by atoms with Gasteiger partial charge in [-0.05, 0) is 50.4 Å². The molecule has 3 heteroatoms. The van der Waals surface area contributed by atoms with Crippen molar-refractivity contribution in [3.63, 3.8) is 0 Å². The molecule has 2 rings (SSSR count). The highest BCUT2D eigenvalue weighted by molar-refractivity contribution is 5.66. The number of hydrogen-bond donors (Lipinski definition) is 1. The molecule has 2 saturated carbocycles. The van der Waals surface area contributed by atoms with E-state index in [1.165, 1.54) is 6.92 Å². The van der Waals surface area contributed by atoms with E-state index in [4.69, 9.17) is 22.7 Å². The predicted molar refractivity (Wildman–Crippen MR) is 83.1 cm³/mol. The molecule has 2 fully saturated rings. The number of ether oxygens (including phenoxy) is 1. The molecular formula is C18H26O3. The molecule has 0 aromatic heterocycles. The number of carbonyl (C=O) groups is 1. The lowest BCUT2D eigenvalue weighted by atomic mass is 10.2. The first-order valence-corrected chi connectivity index (χ1v) is 7.80. The normalized spacial score (nSPS) is 28.4. The number of terminal acetylenes is 2. The molecule has 116 valence electrons. The van der Waals surface area contributed by atoms with Gasteiger partial charge in [-0.25, -0.2) is 0 Å². The van der Waals surface area contributed by atoms with Crippen molar-refractivity contribution < 1.29 is 14.6 Å². The van der Waals surface area contributed by atoms with E-state index in [1.54, 1.807) is 0 Å². The Morgan fingerprint density at radius 3 is 2.10 bits per heavy atom. The molecule has 0 aromatic rings. The minimum atomic E-state index is -0.167. The van der Waals surface area contributed by atoms with Gasteiger partial charge in [0.15, 0.2) is 0 Å². The van der Waals surface area contributed by atoms with E-state index < -0.39 is 0 Å². The SMILES string of the molecule is C#CCCC[C@H]1C[C@@H]1O.C#CCCC[C@H]1C[C@@H]1OC(C)=O. The summed E-state index contributed by atoms with van der Waals surface area (Å²) < 4.78 is 5.01. The molecule has 3 nitrogen and oxygen atoms in total. The largest absolute Gasteiger partial charge is 0.462 e. The van der Waals surface area contributed by atoms with E-state index in [1.807, 2.05) is 0 Å². The van der Waals surface area contributed by atoms with Crippen molar-refractivity contribution in [2.45, 2.75) is 70.5 Å². The highest BCUT2D eigenvalue weighted by Crippen LogP contribution is 2.37. The Bertz CT molecular complexity index is 402. The van der Waals surface area contributed by atoms with Crippen LogP contribution in [0, 0.1) is 36.5 Å². The molecule has 0 spiro atoms. The number of hydrogen-bond acceptors (Lipinski definition) is 3. The molecule has 4 atom stereocenters. The maximum atomic E-state index is 10.5. The van der Waals surface area contributed by atoms with Crippen molar-refractivity contribution in [1.82, 2.24) is 0 Å². The second-order valence-electron chi connectivity index (χ2n) is 5.90. The lowest BCUT2D eigenvalue weighted by Crippen LogP contribution is -2.02. The third-order valence-corrected chi connectivity index (χ3v) is 3.85. The van der Waals surface area contributed by atoms with Crippen molar-refractivity contribution in [3.8, 4) is 24.7 Å². The summed E-state index contributed by atoms with van der Waals surface area (Å²) >= 11 is 0. The fraction of sp³-hybridized carbons (Fsp3) is 0.722. The first-order chi connectivity index (χ1) is 10.1. The zero-order valence-corrected chi connectivity index (χ0v) is 12.9. The van der Waals surface area contributed by atoms with Gasteiger partial charge < -0.3 is 9.84 Å². The Morgan fingerprint density at radius 1 is 1.14 bits per heavy atom. The molecular weight excluding hydrogens is 264 g/mol. The summed E-state index contributed by atoms with van der Waals surface area (Å²) in [6, 6.07) is 0. The maximum absolute atomic E-state index is 10.5. The summed E-state index contributed by atoms with van der Waals surface area (Å²) in [5.74, 6) is 6.18. The second kappa shape index (κ2) is 9.48. The molecule has 0 unspecified atom stereocenters. The van der Waals surface area contributed by atoms with Crippen LogP contribution in [0.15, 0.2) is 0 Å². The average Bonchev–Trinajstić information content (AvgIpc) is 3.31. The van der Waals surface area contributed by atoms with Crippen LogP contribution in [-0.2, 0) is 9.53 Å². The van der Waals surface area contributed by atoms with Crippen LogP contribution in [-0.4, -0.2) is 23.3 Å². The fourth-order valence-corrected chi connectivity index (χ4v) is 2.36. The topological polar surface area (TPSA) is 46.5 Å². The average molecular weight is 290 g/mol. The molecule has 0 amide bonds. The number of rotatable bonds is 7. The van der Waals surface area contributed by atoms with Gasteiger partial charge >= 0.3 is 5.97 Å². The molecule has 0 radical (unpaired) electrons. The van der Waals surface area contributed by atoms with E-state index in [9.17, 15) is 4.79 Å². The van der Waals surface area contributed by atoms with Crippen molar-refractivity contribution in [2.24, 2.45) is 11.8 Å². The van der Waals surface area contributed by atoms with Gasteiger partial charge in [-0.1, -0.05) is 0 Å². The molecule has 2 aliphatic carbocycles. The summed E-state index contributed by atoms with van der Waals surface area (Å²) in [7, 11) is 0. The Balaban J connectivity index is 0.000000219. The van der Waals surface area contributed by atoms with Gasteiger partial charge in [0, 0.05) is 19.8 Å². The van der Waals surface area contributed by atoms with Gasteiger partial charge in [0.05, 0.1) is 6.10 Å². The highest BCUT2D eigenvalue weighted by atomic mass is 16.5.